The van der Waals surface area contributed by atoms with E-state index < -0.39 is 0 Å². The topological polar surface area (TPSA) is 86.5 Å². The molecule has 0 spiro atoms. The van der Waals surface area contributed by atoms with E-state index in [0.717, 1.165) is 24.2 Å². The molecule has 2 heterocycles. The van der Waals surface area contributed by atoms with Crippen molar-refractivity contribution in [1.82, 2.24) is 15.5 Å². The van der Waals surface area contributed by atoms with Crippen LogP contribution in [0.4, 0.5) is 0 Å². The largest absolute Gasteiger partial charge is 0.454 e. The van der Waals surface area contributed by atoms with E-state index in [-0.39, 0.29) is 24.6 Å². The van der Waals surface area contributed by atoms with E-state index in [0.29, 0.717) is 18.1 Å². The van der Waals surface area contributed by atoms with Crippen LogP contribution in [-0.2, 0) is 12.8 Å². The highest BCUT2D eigenvalue weighted by atomic mass is 16.7. The summed E-state index contributed by atoms with van der Waals surface area (Å²) in [6.07, 6.45) is 1.97. The van der Waals surface area contributed by atoms with Crippen LogP contribution in [0.5, 0.6) is 11.5 Å². The van der Waals surface area contributed by atoms with Gasteiger partial charge < -0.3 is 19.2 Å². The third-order valence-corrected chi connectivity index (χ3v) is 4.61. The van der Waals surface area contributed by atoms with Crippen molar-refractivity contribution in [3.63, 3.8) is 0 Å². The molecule has 0 fully saturated rings. The van der Waals surface area contributed by atoms with E-state index >= 15 is 0 Å². The Balaban J connectivity index is 1.38. The maximum Gasteiger partial charge on any atom is 0.309 e. The molecule has 0 saturated heterocycles. The van der Waals surface area contributed by atoms with Crippen LogP contribution in [0.2, 0.25) is 0 Å². The van der Waals surface area contributed by atoms with Crippen molar-refractivity contribution in [2.24, 2.45) is 0 Å². The van der Waals surface area contributed by atoms with Crippen molar-refractivity contribution >= 4 is 5.91 Å². The molecule has 28 heavy (non-hydrogen) atoms. The zero-order chi connectivity index (χ0) is 19.3. The minimum atomic E-state index is -0.354. The molecule has 0 bridgehead atoms. The number of benzene rings is 2. The number of carbonyl (C=O) groups is 1. The molecule has 144 valence electrons. The van der Waals surface area contributed by atoms with Crippen molar-refractivity contribution in [2.45, 2.75) is 32.2 Å². The summed E-state index contributed by atoms with van der Waals surface area (Å²) in [5.41, 5.74) is 2.11. The van der Waals surface area contributed by atoms with Crippen molar-refractivity contribution in [1.29, 1.82) is 0 Å². The van der Waals surface area contributed by atoms with Gasteiger partial charge in [0.05, 0.1) is 6.42 Å². The Morgan fingerprint density at radius 2 is 1.89 bits per heavy atom. The smallest absolute Gasteiger partial charge is 0.309 e. The predicted octanol–water partition coefficient (Wildman–Crippen LogP) is 3.14. The molecule has 0 radical (unpaired) electrons. The van der Waals surface area contributed by atoms with E-state index in [4.69, 9.17) is 13.9 Å². The molecular formula is C21H21N3O4. The Morgan fingerprint density at radius 1 is 1.07 bits per heavy atom. The molecule has 2 aromatic carbocycles. The Hall–Kier alpha value is -3.35. The molecular weight excluding hydrogens is 358 g/mol. The van der Waals surface area contributed by atoms with Crippen molar-refractivity contribution < 1.29 is 18.7 Å². The molecule has 0 aliphatic carbocycles. The third-order valence-electron chi connectivity index (χ3n) is 4.61. The summed E-state index contributed by atoms with van der Waals surface area (Å²) >= 11 is 0. The summed E-state index contributed by atoms with van der Waals surface area (Å²) in [5, 5.41) is 10.9. The van der Waals surface area contributed by atoms with Gasteiger partial charge >= 0.3 is 11.8 Å². The summed E-state index contributed by atoms with van der Waals surface area (Å²) in [5.74, 6) is 1.41. The number of aromatic nitrogens is 2. The first-order valence-electron chi connectivity index (χ1n) is 9.27. The van der Waals surface area contributed by atoms with Gasteiger partial charge in [0.2, 0.25) is 12.7 Å². The predicted molar refractivity (Wildman–Crippen MR) is 101 cm³/mol. The Morgan fingerprint density at radius 3 is 2.71 bits per heavy atom. The standard InChI is InChI=1S/C21H21N3O4/c1-2-16(10-14-6-4-3-5-7-14)22-20(25)21-24-23-19(28-21)12-15-8-9-17-18(11-15)27-13-26-17/h3-9,11,16H,2,10,12-13H2,1H3,(H,22,25)/t16-/m0/s1. The molecule has 3 aromatic rings. The number of nitrogens with one attached hydrogen (secondary N) is 1. The molecule has 1 aliphatic rings. The summed E-state index contributed by atoms with van der Waals surface area (Å²) in [7, 11) is 0. The lowest BCUT2D eigenvalue weighted by Gasteiger charge is -2.15. The van der Waals surface area contributed by atoms with Crippen molar-refractivity contribution in [3.8, 4) is 11.5 Å². The van der Waals surface area contributed by atoms with Gasteiger partial charge in [-0.3, -0.25) is 4.79 Å². The average molecular weight is 379 g/mol. The van der Waals surface area contributed by atoms with Gasteiger partial charge in [-0.2, -0.15) is 0 Å². The number of rotatable bonds is 7. The second kappa shape index (κ2) is 8.12. The number of carbonyl (C=O) groups excluding carboxylic acids is 1. The molecule has 4 rings (SSSR count). The number of hydrogen-bond acceptors (Lipinski definition) is 6. The van der Waals surface area contributed by atoms with Crippen LogP contribution in [0.1, 0.15) is 41.0 Å². The van der Waals surface area contributed by atoms with Crippen LogP contribution in [0.3, 0.4) is 0 Å². The molecule has 1 atom stereocenters. The van der Waals surface area contributed by atoms with E-state index in [2.05, 4.69) is 15.5 Å². The van der Waals surface area contributed by atoms with Gasteiger partial charge in [0.15, 0.2) is 11.5 Å². The van der Waals surface area contributed by atoms with Gasteiger partial charge in [0.25, 0.3) is 0 Å². The number of hydrogen-bond donors (Lipinski definition) is 1. The maximum absolute atomic E-state index is 12.5. The van der Waals surface area contributed by atoms with Gasteiger partial charge in [-0.05, 0) is 36.1 Å². The number of ether oxygens (including phenoxy) is 2. The fourth-order valence-electron chi connectivity index (χ4n) is 3.09. The van der Waals surface area contributed by atoms with Crippen LogP contribution in [0.15, 0.2) is 52.9 Å². The second-order valence-electron chi connectivity index (χ2n) is 6.63. The molecule has 7 nitrogen and oxygen atoms in total. The lowest BCUT2D eigenvalue weighted by Crippen LogP contribution is -2.36. The molecule has 0 unspecified atom stereocenters. The zero-order valence-corrected chi connectivity index (χ0v) is 15.6. The van der Waals surface area contributed by atoms with E-state index in [9.17, 15) is 4.79 Å². The second-order valence-corrected chi connectivity index (χ2v) is 6.63. The fourth-order valence-corrected chi connectivity index (χ4v) is 3.09. The monoisotopic (exact) mass is 379 g/mol. The Bertz CT molecular complexity index is 955. The fraction of sp³-hybridized carbons (Fsp3) is 0.286. The summed E-state index contributed by atoms with van der Waals surface area (Å²) in [6, 6.07) is 15.7. The van der Waals surface area contributed by atoms with Gasteiger partial charge in [-0.15, -0.1) is 10.2 Å². The van der Waals surface area contributed by atoms with Crippen LogP contribution >= 0.6 is 0 Å². The maximum atomic E-state index is 12.5. The lowest BCUT2D eigenvalue weighted by molar-refractivity contribution is 0.0899. The highest BCUT2D eigenvalue weighted by Gasteiger charge is 2.19. The molecule has 7 heteroatoms. The average Bonchev–Trinajstić information content (AvgIpc) is 3.37. The number of fused-ring (bicyclic) bond motifs is 1. The van der Waals surface area contributed by atoms with Gasteiger partial charge in [0, 0.05) is 6.04 Å². The zero-order valence-electron chi connectivity index (χ0n) is 15.6. The van der Waals surface area contributed by atoms with Crippen LogP contribution in [0.25, 0.3) is 0 Å². The third kappa shape index (κ3) is 4.14. The molecule has 1 N–H and O–H groups in total. The van der Waals surface area contributed by atoms with E-state index in [1.165, 1.54) is 5.56 Å². The van der Waals surface area contributed by atoms with E-state index in [1.54, 1.807) is 0 Å². The summed E-state index contributed by atoms with van der Waals surface area (Å²) < 4.78 is 16.2. The lowest BCUT2D eigenvalue weighted by atomic mass is 10.0. The quantitative estimate of drug-likeness (QED) is 0.679. The van der Waals surface area contributed by atoms with Gasteiger partial charge in [0.1, 0.15) is 0 Å². The van der Waals surface area contributed by atoms with Crippen LogP contribution < -0.4 is 14.8 Å². The molecule has 1 amide bonds. The number of amides is 1. The summed E-state index contributed by atoms with van der Waals surface area (Å²) in [4.78, 5) is 12.5. The molecule has 0 saturated carbocycles. The first-order valence-corrected chi connectivity index (χ1v) is 9.27. The van der Waals surface area contributed by atoms with Gasteiger partial charge in [-0.25, -0.2) is 0 Å². The Labute approximate surface area is 162 Å². The summed E-state index contributed by atoms with van der Waals surface area (Å²) in [6.45, 7) is 2.26. The van der Waals surface area contributed by atoms with Crippen LogP contribution in [0, 0.1) is 0 Å². The van der Waals surface area contributed by atoms with Crippen molar-refractivity contribution in [3.05, 3.63) is 71.4 Å². The minimum absolute atomic E-state index is 0.000824. The van der Waals surface area contributed by atoms with Crippen molar-refractivity contribution in [2.75, 3.05) is 6.79 Å². The first kappa shape index (κ1) is 18.0. The van der Waals surface area contributed by atoms with E-state index in [1.807, 2.05) is 55.5 Å². The normalized spacial score (nSPS) is 13.3. The first-order chi connectivity index (χ1) is 13.7. The van der Waals surface area contributed by atoms with Crippen LogP contribution in [-0.4, -0.2) is 28.9 Å². The highest BCUT2D eigenvalue weighted by molar-refractivity contribution is 5.89. The number of nitrogens with zero attached hydrogens (tertiary/aromatic N) is 2. The minimum Gasteiger partial charge on any atom is -0.454 e. The Kier molecular flexibility index (Phi) is 5.23. The molecule has 1 aromatic heterocycles. The SMILES string of the molecule is CC[C@@H](Cc1ccccc1)NC(=O)c1nnc(Cc2ccc3c(c2)OCO3)o1. The highest BCUT2D eigenvalue weighted by Crippen LogP contribution is 2.33. The molecule has 1 aliphatic heterocycles. The van der Waals surface area contributed by atoms with Gasteiger partial charge in [-0.1, -0.05) is 43.3 Å².